The summed E-state index contributed by atoms with van der Waals surface area (Å²) < 4.78 is 0. The number of rotatable bonds is 4. The van der Waals surface area contributed by atoms with Crippen molar-refractivity contribution in [1.29, 1.82) is 0 Å². The number of para-hydroxylation sites is 1. The van der Waals surface area contributed by atoms with Crippen molar-refractivity contribution in [2.24, 2.45) is 5.73 Å². The van der Waals surface area contributed by atoms with Crippen molar-refractivity contribution in [2.45, 2.75) is 5.54 Å². The lowest BCUT2D eigenvalue weighted by Crippen LogP contribution is -2.67. The number of benzene rings is 1. The second-order valence-electron chi connectivity index (χ2n) is 6.21. The molecule has 7 heteroatoms. The van der Waals surface area contributed by atoms with E-state index in [0.717, 1.165) is 5.69 Å². The summed E-state index contributed by atoms with van der Waals surface area (Å²) in [5, 5.41) is 13.3. The number of carbonyl (C=O) groups excluding carboxylic acids is 1. The van der Waals surface area contributed by atoms with E-state index in [1.807, 2.05) is 31.3 Å². The third kappa shape index (κ3) is 2.46. The van der Waals surface area contributed by atoms with Gasteiger partial charge >= 0.3 is 5.97 Å². The van der Waals surface area contributed by atoms with E-state index >= 15 is 0 Å². The average Bonchev–Trinajstić information content (AvgIpc) is 2.56. The van der Waals surface area contributed by atoms with E-state index in [-0.39, 0.29) is 0 Å². The predicted molar refractivity (Wildman–Crippen MR) is 91.5 cm³/mol. The molecule has 2 heterocycles. The van der Waals surface area contributed by atoms with Crippen LogP contribution in [0.15, 0.2) is 30.3 Å². The molecular formula is C17H22N4O3. The highest BCUT2D eigenvalue weighted by Gasteiger charge is 2.54. The van der Waals surface area contributed by atoms with Crippen LogP contribution in [-0.4, -0.2) is 72.1 Å². The van der Waals surface area contributed by atoms with E-state index in [0.29, 0.717) is 43.9 Å². The standard InChI is InChI=1S/C17H22N4O3/c1-20-8-10-21(11-9-20)17(15(18)22,16(23)24)13-6-7-19-14-5-3-2-4-12(13)14/h2-6,19H,7-11H2,1H3,(H2,18,22)(H,23,24). The quantitative estimate of drug-likeness (QED) is 0.675. The fraction of sp³-hybridized carbons (Fsp3) is 0.412. The van der Waals surface area contributed by atoms with E-state index < -0.39 is 17.4 Å². The zero-order chi connectivity index (χ0) is 17.3. The van der Waals surface area contributed by atoms with Crippen LogP contribution in [0.3, 0.4) is 0 Å². The molecule has 128 valence electrons. The van der Waals surface area contributed by atoms with Gasteiger partial charge in [0.05, 0.1) is 0 Å². The zero-order valence-corrected chi connectivity index (χ0v) is 13.7. The molecule has 1 unspecified atom stereocenters. The summed E-state index contributed by atoms with van der Waals surface area (Å²) in [5.41, 5.74) is 5.83. The summed E-state index contributed by atoms with van der Waals surface area (Å²) in [5.74, 6) is -2.06. The minimum Gasteiger partial charge on any atom is -0.479 e. The molecule has 7 nitrogen and oxygen atoms in total. The zero-order valence-electron chi connectivity index (χ0n) is 13.7. The topological polar surface area (TPSA) is 98.9 Å². The van der Waals surface area contributed by atoms with Crippen LogP contribution < -0.4 is 11.1 Å². The van der Waals surface area contributed by atoms with Crippen LogP contribution in [0.1, 0.15) is 5.56 Å². The third-order valence-electron chi connectivity index (χ3n) is 4.85. The van der Waals surface area contributed by atoms with Crippen molar-refractivity contribution in [2.75, 3.05) is 45.1 Å². The van der Waals surface area contributed by atoms with Crippen molar-refractivity contribution in [3.05, 3.63) is 35.9 Å². The maximum atomic E-state index is 12.5. The van der Waals surface area contributed by atoms with E-state index in [1.54, 1.807) is 11.0 Å². The van der Waals surface area contributed by atoms with Gasteiger partial charge in [-0.05, 0) is 13.1 Å². The fourth-order valence-corrected chi connectivity index (χ4v) is 3.54. The highest BCUT2D eigenvalue weighted by atomic mass is 16.4. The van der Waals surface area contributed by atoms with Crippen LogP contribution in [0, 0.1) is 0 Å². The number of likely N-dealkylation sites (N-methyl/N-ethyl adjacent to an activating group) is 1. The summed E-state index contributed by atoms with van der Waals surface area (Å²) in [6, 6.07) is 7.40. The van der Waals surface area contributed by atoms with E-state index in [4.69, 9.17) is 5.73 Å². The van der Waals surface area contributed by atoms with Gasteiger partial charge in [-0.25, -0.2) is 4.79 Å². The first-order chi connectivity index (χ1) is 11.5. The second-order valence-corrected chi connectivity index (χ2v) is 6.21. The molecule has 1 atom stereocenters. The van der Waals surface area contributed by atoms with Crippen LogP contribution in [0.2, 0.25) is 0 Å². The Kier molecular flexibility index (Phi) is 4.29. The summed E-state index contributed by atoms with van der Waals surface area (Å²) in [6.45, 7) is 2.78. The number of carbonyl (C=O) groups is 2. The molecule has 1 amide bonds. The Morgan fingerprint density at radius 1 is 1.21 bits per heavy atom. The molecule has 1 aromatic carbocycles. The van der Waals surface area contributed by atoms with Gasteiger partial charge in [0.25, 0.3) is 5.91 Å². The number of nitrogens with two attached hydrogens (primary N) is 1. The fourth-order valence-electron chi connectivity index (χ4n) is 3.54. The Balaban J connectivity index is 2.14. The third-order valence-corrected chi connectivity index (χ3v) is 4.85. The van der Waals surface area contributed by atoms with Crippen molar-refractivity contribution >= 4 is 23.1 Å². The minimum atomic E-state index is -1.85. The molecule has 0 saturated carbocycles. The van der Waals surface area contributed by atoms with Crippen molar-refractivity contribution in [3.63, 3.8) is 0 Å². The molecule has 0 aliphatic carbocycles. The van der Waals surface area contributed by atoms with Crippen molar-refractivity contribution < 1.29 is 14.7 Å². The largest absolute Gasteiger partial charge is 0.479 e. The van der Waals surface area contributed by atoms with Gasteiger partial charge in [0, 0.05) is 49.5 Å². The molecule has 3 rings (SSSR count). The van der Waals surface area contributed by atoms with Crippen LogP contribution in [0.4, 0.5) is 5.69 Å². The first-order valence-electron chi connectivity index (χ1n) is 7.98. The van der Waals surface area contributed by atoms with E-state index in [9.17, 15) is 14.7 Å². The predicted octanol–water partition coefficient (Wildman–Crippen LogP) is 0.0516. The molecular weight excluding hydrogens is 308 g/mol. The number of carboxylic acid groups (broad SMARTS) is 1. The number of nitrogens with one attached hydrogen (secondary N) is 1. The summed E-state index contributed by atoms with van der Waals surface area (Å²) in [6.07, 6.45) is 1.76. The van der Waals surface area contributed by atoms with Crippen molar-refractivity contribution in [3.8, 4) is 0 Å². The Morgan fingerprint density at radius 3 is 2.50 bits per heavy atom. The van der Waals surface area contributed by atoms with Crippen LogP contribution >= 0.6 is 0 Å². The molecule has 0 bridgehead atoms. The number of hydrogen-bond acceptors (Lipinski definition) is 5. The van der Waals surface area contributed by atoms with Crippen molar-refractivity contribution in [1.82, 2.24) is 9.80 Å². The number of fused-ring (bicyclic) bond motifs is 1. The molecule has 2 aliphatic rings. The summed E-state index contributed by atoms with van der Waals surface area (Å²) in [7, 11) is 1.98. The number of primary amides is 1. The SMILES string of the molecule is CN1CCN(C(C(N)=O)(C(=O)O)C2=CCNc3ccccc32)CC1. The maximum absolute atomic E-state index is 12.5. The Labute approximate surface area is 140 Å². The normalized spacial score (nSPS) is 21.1. The van der Waals surface area contributed by atoms with Gasteiger partial charge in [0.15, 0.2) is 0 Å². The lowest BCUT2D eigenvalue weighted by Gasteiger charge is -2.44. The molecule has 0 radical (unpaired) electrons. The number of hydrogen-bond donors (Lipinski definition) is 3. The maximum Gasteiger partial charge on any atom is 0.338 e. The van der Waals surface area contributed by atoms with Gasteiger partial charge in [0.2, 0.25) is 5.54 Å². The summed E-state index contributed by atoms with van der Waals surface area (Å²) in [4.78, 5) is 28.6. The molecule has 24 heavy (non-hydrogen) atoms. The molecule has 1 aromatic rings. The van der Waals surface area contributed by atoms with Gasteiger partial charge in [-0.3, -0.25) is 9.69 Å². The molecule has 1 fully saturated rings. The lowest BCUT2D eigenvalue weighted by atomic mass is 9.80. The molecule has 2 aliphatic heterocycles. The molecule has 1 saturated heterocycles. The van der Waals surface area contributed by atoms with E-state index in [1.165, 1.54) is 0 Å². The van der Waals surface area contributed by atoms with Gasteiger partial charge in [0.1, 0.15) is 0 Å². The lowest BCUT2D eigenvalue weighted by molar-refractivity contribution is -0.154. The Hall–Kier alpha value is -2.38. The van der Waals surface area contributed by atoms with Gasteiger partial charge in [-0.15, -0.1) is 0 Å². The second kappa shape index (κ2) is 6.26. The number of carboxylic acids is 1. The smallest absolute Gasteiger partial charge is 0.338 e. The van der Waals surface area contributed by atoms with Crippen LogP contribution in [0.5, 0.6) is 0 Å². The highest BCUT2D eigenvalue weighted by molar-refractivity contribution is 6.19. The molecule has 0 aromatic heterocycles. The average molecular weight is 330 g/mol. The van der Waals surface area contributed by atoms with Gasteiger partial charge in [-0.1, -0.05) is 24.3 Å². The Morgan fingerprint density at radius 2 is 1.88 bits per heavy atom. The number of aliphatic carboxylic acids is 1. The first kappa shape index (κ1) is 16.5. The minimum absolute atomic E-state index is 0.460. The first-order valence-corrected chi connectivity index (χ1v) is 7.98. The summed E-state index contributed by atoms with van der Waals surface area (Å²) >= 11 is 0. The van der Waals surface area contributed by atoms with Gasteiger partial charge < -0.3 is 21.1 Å². The molecule has 0 spiro atoms. The number of anilines is 1. The van der Waals surface area contributed by atoms with Crippen LogP contribution in [0.25, 0.3) is 5.57 Å². The number of nitrogens with zero attached hydrogens (tertiary/aromatic N) is 2. The van der Waals surface area contributed by atoms with Gasteiger partial charge in [-0.2, -0.15) is 0 Å². The number of piperazine rings is 1. The highest BCUT2D eigenvalue weighted by Crippen LogP contribution is 2.39. The number of amides is 1. The monoisotopic (exact) mass is 330 g/mol. The Bertz CT molecular complexity index is 679. The van der Waals surface area contributed by atoms with Crippen LogP contribution in [-0.2, 0) is 9.59 Å². The van der Waals surface area contributed by atoms with E-state index in [2.05, 4.69) is 10.2 Å². The molecule has 4 N–H and O–H groups in total.